The number of nitrogens with one attached hydrogen (secondary N) is 3. The lowest BCUT2D eigenvalue weighted by Crippen LogP contribution is -2.46. The van der Waals surface area contributed by atoms with Crippen LogP contribution in [0.25, 0.3) is 0 Å². The Hall–Kier alpha value is -2.49. The van der Waals surface area contributed by atoms with Gasteiger partial charge in [0.25, 0.3) is 0 Å². The number of hydrogen-bond donors (Lipinski definition) is 3. The third kappa shape index (κ3) is 3.34. The number of benzene rings is 2. The normalized spacial score (nSPS) is 16.3. The zero-order chi connectivity index (χ0) is 14.5. The van der Waals surface area contributed by atoms with Crippen LogP contribution in [-0.2, 0) is 11.2 Å². The Morgan fingerprint density at radius 1 is 1.05 bits per heavy atom. The molecule has 0 spiro atoms. The van der Waals surface area contributed by atoms with Crippen molar-refractivity contribution in [1.82, 2.24) is 5.32 Å². The van der Waals surface area contributed by atoms with Gasteiger partial charge in [-0.2, -0.15) is 0 Å². The summed E-state index contributed by atoms with van der Waals surface area (Å²) in [5.74, 6) is 0.0351. The first kappa shape index (κ1) is 13.5. The second-order valence-electron chi connectivity index (χ2n) is 5.15. The van der Waals surface area contributed by atoms with Crippen LogP contribution in [0.4, 0.5) is 11.4 Å². The van der Waals surface area contributed by atoms with Gasteiger partial charge >= 0.3 is 0 Å². The number of carbonyl (C=O) groups is 1. The Morgan fingerprint density at radius 3 is 2.57 bits per heavy atom. The third-order valence-electron chi connectivity index (χ3n) is 3.63. The van der Waals surface area contributed by atoms with E-state index in [2.05, 4.69) is 28.1 Å². The second-order valence-corrected chi connectivity index (χ2v) is 5.15. The molecule has 4 heteroatoms. The zero-order valence-electron chi connectivity index (χ0n) is 11.8. The van der Waals surface area contributed by atoms with Gasteiger partial charge in [0.15, 0.2) is 0 Å². The number of hydrogen-bond acceptors (Lipinski definition) is 3. The van der Waals surface area contributed by atoms with Crippen molar-refractivity contribution in [3.05, 3.63) is 60.2 Å². The molecule has 3 rings (SSSR count). The van der Waals surface area contributed by atoms with E-state index in [1.807, 2.05) is 42.5 Å². The van der Waals surface area contributed by atoms with Gasteiger partial charge in [-0.05, 0) is 24.1 Å². The predicted octanol–water partition coefficient (Wildman–Crippen LogP) is 2.25. The molecule has 1 amide bonds. The third-order valence-corrected chi connectivity index (χ3v) is 3.63. The van der Waals surface area contributed by atoms with E-state index in [0.717, 1.165) is 17.8 Å². The van der Waals surface area contributed by atoms with Gasteiger partial charge < -0.3 is 16.0 Å². The highest BCUT2D eigenvalue weighted by Gasteiger charge is 2.22. The molecule has 0 radical (unpaired) electrons. The SMILES string of the molecule is O=C(NCCc1ccccc1)C1CNc2ccccc2N1. The van der Waals surface area contributed by atoms with Crippen LogP contribution in [0.5, 0.6) is 0 Å². The number of amides is 1. The van der Waals surface area contributed by atoms with E-state index >= 15 is 0 Å². The molecule has 3 N–H and O–H groups in total. The van der Waals surface area contributed by atoms with Crippen molar-refractivity contribution < 1.29 is 4.79 Å². The van der Waals surface area contributed by atoms with E-state index in [1.165, 1.54) is 5.56 Å². The molecule has 2 aromatic carbocycles. The number of para-hydroxylation sites is 2. The minimum atomic E-state index is -0.226. The van der Waals surface area contributed by atoms with Crippen molar-refractivity contribution in [1.29, 1.82) is 0 Å². The first-order valence-electron chi connectivity index (χ1n) is 7.24. The molecule has 0 bridgehead atoms. The van der Waals surface area contributed by atoms with Crippen LogP contribution in [0.2, 0.25) is 0 Å². The molecule has 1 heterocycles. The van der Waals surface area contributed by atoms with Crippen LogP contribution in [0.15, 0.2) is 54.6 Å². The van der Waals surface area contributed by atoms with Gasteiger partial charge in [-0.1, -0.05) is 42.5 Å². The standard InChI is InChI=1S/C17H19N3O/c21-17(18-11-10-13-6-2-1-3-7-13)16-12-19-14-8-4-5-9-15(14)20-16/h1-9,16,19-20H,10-12H2,(H,18,21). The molecule has 0 aliphatic carbocycles. The van der Waals surface area contributed by atoms with Crippen molar-refractivity contribution in [3.63, 3.8) is 0 Å². The van der Waals surface area contributed by atoms with Gasteiger partial charge in [0.05, 0.1) is 11.4 Å². The molecule has 1 aliphatic heterocycles. The Labute approximate surface area is 124 Å². The quantitative estimate of drug-likeness (QED) is 0.805. The first-order chi connectivity index (χ1) is 10.3. The van der Waals surface area contributed by atoms with Gasteiger partial charge in [0.2, 0.25) is 5.91 Å². The second kappa shape index (κ2) is 6.31. The lowest BCUT2D eigenvalue weighted by atomic mass is 10.1. The smallest absolute Gasteiger partial charge is 0.244 e. The average Bonchev–Trinajstić information content (AvgIpc) is 2.55. The highest BCUT2D eigenvalue weighted by molar-refractivity contribution is 5.88. The number of rotatable bonds is 4. The van der Waals surface area contributed by atoms with Crippen molar-refractivity contribution in [2.24, 2.45) is 0 Å². The van der Waals surface area contributed by atoms with Gasteiger partial charge in [-0.25, -0.2) is 0 Å². The summed E-state index contributed by atoms with van der Waals surface area (Å²) >= 11 is 0. The largest absolute Gasteiger partial charge is 0.381 e. The highest BCUT2D eigenvalue weighted by Crippen LogP contribution is 2.25. The number of anilines is 2. The average molecular weight is 281 g/mol. The lowest BCUT2D eigenvalue weighted by molar-refractivity contribution is -0.121. The van der Waals surface area contributed by atoms with Crippen LogP contribution in [0.1, 0.15) is 5.56 Å². The Bertz CT molecular complexity index is 612. The Balaban J connectivity index is 1.50. The number of fused-ring (bicyclic) bond motifs is 1. The molecule has 0 saturated heterocycles. The van der Waals surface area contributed by atoms with Gasteiger partial charge in [0.1, 0.15) is 6.04 Å². The maximum Gasteiger partial charge on any atom is 0.244 e. The highest BCUT2D eigenvalue weighted by atomic mass is 16.2. The van der Waals surface area contributed by atoms with E-state index in [0.29, 0.717) is 13.1 Å². The summed E-state index contributed by atoms with van der Waals surface area (Å²) in [5, 5.41) is 9.54. The fourth-order valence-corrected chi connectivity index (χ4v) is 2.47. The molecular weight excluding hydrogens is 262 g/mol. The van der Waals surface area contributed by atoms with Crippen molar-refractivity contribution in [2.45, 2.75) is 12.5 Å². The molecule has 1 aliphatic rings. The molecule has 0 fully saturated rings. The van der Waals surface area contributed by atoms with E-state index in [1.54, 1.807) is 0 Å². The first-order valence-corrected chi connectivity index (χ1v) is 7.24. The van der Waals surface area contributed by atoms with Gasteiger partial charge in [-0.3, -0.25) is 4.79 Å². The maximum atomic E-state index is 12.2. The molecule has 21 heavy (non-hydrogen) atoms. The van der Waals surface area contributed by atoms with Crippen LogP contribution >= 0.6 is 0 Å². The van der Waals surface area contributed by atoms with E-state index < -0.39 is 0 Å². The van der Waals surface area contributed by atoms with Crippen molar-refractivity contribution in [2.75, 3.05) is 23.7 Å². The minimum absolute atomic E-state index is 0.0351. The molecule has 1 atom stereocenters. The summed E-state index contributed by atoms with van der Waals surface area (Å²) in [6, 6.07) is 17.9. The summed E-state index contributed by atoms with van der Waals surface area (Å²) < 4.78 is 0. The molecule has 108 valence electrons. The monoisotopic (exact) mass is 281 g/mol. The lowest BCUT2D eigenvalue weighted by Gasteiger charge is -2.27. The maximum absolute atomic E-state index is 12.2. The zero-order valence-corrected chi connectivity index (χ0v) is 11.8. The van der Waals surface area contributed by atoms with E-state index in [4.69, 9.17) is 0 Å². The van der Waals surface area contributed by atoms with Crippen LogP contribution in [-0.4, -0.2) is 25.0 Å². The minimum Gasteiger partial charge on any atom is -0.381 e. The van der Waals surface area contributed by atoms with Crippen molar-refractivity contribution in [3.8, 4) is 0 Å². The molecule has 2 aromatic rings. The Kier molecular flexibility index (Phi) is 4.05. The topological polar surface area (TPSA) is 53.2 Å². The summed E-state index contributed by atoms with van der Waals surface area (Å²) in [6.45, 7) is 1.26. The fraction of sp³-hybridized carbons (Fsp3) is 0.235. The van der Waals surface area contributed by atoms with Crippen LogP contribution in [0, 0.1) is 0 Å². The summed E-state index contributed by atoms with van der Waals surface area (Å²) in [6.07, 6.45) is 0.851. The number of carbonyl (C=O) groups excluding carboxylic acids is 1. The van der Waals surface area contributed by atoms with E-state index in [9.17, 15) is 4.79 Å². The fourth-order valence-electron chi connectivity index (χ4n) is 2.47. The summed E-state index contributed by atoms with van der Waals surface area (Å²) in [5.41, 5.74) is 3.26. The van der Waals surface area contributed by atoms with E-state index in [-0.39, 0.29) is 11.9 Å². The Morgan fingerprint density at radius 2 is 1.76 bits per heavy atom. The van der Waals surface area contributed by atoms with Crippen molar-refractivity contribution >= 4 is 17.3 Å². The van der Waals surface area contributed by atoms with Gasteiger partial charge in [0, 0.05) is 13.1 Å². The van der Waals surface area contributed by atoms with Crippen LogP contribution in [0.3, 0.4) is 0 Å². The molecule has 1 unspecified atom stereocenters. The molecule has 0 aromatic heterocycles. The predicted molar refractivity (Wildman–Crippen MR) is 85.5 cm³/mol. The van der Waals surface area contributed by atoms with Crippen LogP contribution < -0.4 is 16.0 Å². The summed E-state index contributed by atoms with van der Waals surface area (Å²) in [7, 11) is 0. The summed E-state index contributed by atoms with van der Waals surface area (Å²) in [4.78, 5) is 12.2. The van der Waals surface area contributed by atoms with Gasteiger partial charge in [-0.15, -0.1) is 0 Å². The molecule has 4 nitrogen and oxygen atoms in total. The molecule has 0 saturated carbocycles. The molecular formula is C17H19N3O.